The highest BCUT2D eigenvalue weighted by molar-refractivity contribution is 6.01. The van der Waals surface area contributed by atoms with Crippen molar-refractivity contribution in [2.24, 2.45) is 0 Å². The predicted molar refractivity (Wildman–Crippen MR) is 123 cm³/mol. The van der Waals surface area contributed by atoms with E-state index in [2.05, 4.69) is 43.7 Å². The maximum absolute atomic E-state index is 12.5. The first-order valence-corrected chi connectivity index (χ1v) is 10.2. The molecule has 0 bridgehead atoms. The highest BCUT2D eigenvalue weighted by atomic mass is 16.5. The maximum atomic E-state index is 12.5. The number of anilines is 3. The van der Waals surface area contributed by atoms with Crippen molar-refractivity contribution in [3.05, 3.63) is 78.1 Å². The van der Waals surface area contributed by atoms with Crippen LogP contribution < -0.4 is 20.3 Å². The first-order valence-electron chi connectivity index (χ1n) is 10.2. The number of amides is 2. The fraction of sp³-hybridized carbons (Fsp3) is 0.167. The first kappa shape index (κ1) is 19.0. The zero-order valence-electron chi connectivity index (χ0n) is 17.2. The van der Waals surface area contributed by atoms with Crippen molar-refractivity contribution < 1.29 is 9.53 Å². The van der Waals surface area contributed by atoms with Gasteiger partial charge in [0.15, 0.2) is 0 Å². The molecule has 4 aromatic rings. The van der Waals surface area contributed by atoms with Crippen LogP contribution in [0.15, 0.2) is 67.0 Å². The topological polar surface area (TPSA) is 82.3 Å². The number of H-pyrrole nitrogens is 1. The van der Waals surface area contributed by atoms with E-state index < -0.39 is 0 Å². The molecular weight excluding hydrogens is 390 g/mol. The van der Waals surface area contributed by atoms with Crippen LogP contribution in [-0.4, -0.2) is 29.7 Å². The summed E-state index contributed by atoms with van der Waals surface area (Å²) in [7, 11) is 1.62. The number of nitrogens with one attached hydrogen (secondary N) is 3. The number of hydrogen-bond donors (Lipinski definition) is 3. The fourth-order valence-corrected chi connectivity index (χ4v) is 4.10. The minimum Gasteiger partial charge on any atom is -0.497 e. The quantitative estimate of drug-likeness (QED) is 0.440. The van der Waals surface area contributed by atoms with Crippen molar-refractivity contribution in [1.29, 1.82) is 0 Å². The molecule has 3 heterocycles. The average molecular weight is 413 g/mol. The van der Waals surface area contributed by atoms with Gasteiger partial charge in [0.2, 0.25) is 0 Å². The standard InChI is InChI=1S/C24H23N5O2/c1-31-18-7-5-17(6-8-18)27-24(30)28-21-3-2-4-22-20(21)11-14-29(22)15-16-9-12-25-23-19(16)10-13-26-23/h2-10,12-13H,11,14-15H2,1H3,(H,25,26)(H2,27,28,30). The number of aromatic amines is 1. The van der Waals surface area contributed by atoms with Gasteiger partial charge in [-0.25, -0.2) is 9.78 Å². The smallest absolute Gasteiger partial charge is 0.323 e. The van der Waals surface area contributed by atoms with Crippen molar-refractivity contribution in [3.8, 4) is 5.75 Å². The molecule has 0 radical (unpaired) electrons. The monoisotopic (exact) mass is 413 g/mol. The molecule has 5 rings (SSSR count). The van der Waals surface area contributed by atoms with E-state index in [4.69, 9.17) is 4.74 Å². The van der Waals surface area contributed by atoms with Crippen molar-refractivity contribution in [2.75, 3.05) is 29.2 Å². The molecule has 0 atom stereocenters. The summed E-state index contributed by atoms with van der Waals surface area (Å²) >= 11 is 0. The summed E-state index contributed by atoms with van der Waals surface area (Å²) in [6, 6.07) is 17.2. The molecule has 1 aliphatic rings. The summed E-state index contributed by atoms with van der Waals surface area (Å²) < 4.78 is 5.15. The van der Waals surface area contributed by atoms with E-state index in [-0.39, 0.29) is 6.03 Å². The van der Waals surface area contributed by atoms with E-state index in [0.717, 1.165) is 53.2 Å². The molecule has 0 fully saturated rings. The molecule has 0 unspecified atom stereocenters. The number of hydrogen-bond acceptors (Lipinski definition) is 4. The number of carbonyl (C=O) groups excluding carboxylic acids is 1. The van der Waals surface area contributed by atoms with Crippen LogP contribution in [0, 0.1) is 0 Å². The third-order valence-electron chi connectivity index (χ3n) is 5.63. The van der Waals surface area contributed by atoms with Crippen LogP contribution in [0.3, 0.4) is 0 Å². The van der Waals surface area contributed by atoms with E-state index in [1.807, 2.05) is 48.8 Å². The Kier molecular flexibility index (Phi) is 4.92. The van der Waals surface area contributed by atoms with Crippen molar-refractivity contribution in [3.63, 3.8) is 0 Å². The Morgan fingerprint density at radius 1 is 1.13 bits per heavy atom. The lowest BCUT2D eigenvalue weighted by Crippen LogP contribution is -2.20. The van der Waals surface area contributed by atoms with Crippen LogP contribution in [0.1, 0.15) is 11.1 Å². The number of benzene rings is 2. The molecule has 0 spiro atoms. The first-order chi connectivity index (χ1) is 15.2. The van der Waals surface area contributed by atoms with Gasteiger partial charge in [0.25, 0.3) is 0 Å². The third kappa shape index (κ3) is 3.77. The third-order valence-corrected chi connectivity index (χ3v) is 5.63. The molecule has 1 aliphatic heterocycles. The fourth-order valence-electron chi connectivity index (χ4n) is 4.10. The van der Waals surface area contributed by atoms with E-state index >= 15 is 0 Å². The van der Waals surface area contributed by atoms with Crippen LogP contribution in [0.5, 0.6) is 5.75 Å². The van der Waals surface area contributed by atoms with Crippen LogP contribution in [0.4, 0.5) is 21.9 Å². The SMILES string of the molecule is COc1ccc(NC(=O)Nc2cccc3c2CCN3Cc2ccnc3[nH]ccc23)cc1. The van der Waals surface area contributed by atoms with Gasteiger partial charge < -0.3 is 25.3 Å². The van der Waals surface area contributed by atoms with Gasteiger partial charge >= 0.3 is 6.03 Å². The summed E-state index contributed by atoms with van der Waals surface area (Å²) in [4.78, 5) is 22.4. The van der Waals surface area contributed by atoms with Gasteiger partial charge in [-0.05, 0) is 60.5 Å². The van der Waals surface area contributed by atoms with Crippen LogP contribution in [-0.2, 0) is 13.0 Å². The number of nitrogens with zero attached hydrogens (tertiary/aromatic N) is 2. The zero-order chi connectivity index (χ0) is 21.2. The Hall–Kier alpha value is -4.00. The van der Waals surface area contributed by atoms with Gasteiger partial charge in [0.05, 0.1) is 7.11 Å². The van der Waals surface area contributed by atoms with Gasteiger partial charge in [0, 0.05) is 53.5 Å². The highest BCUT2D eigenvalue weighted by Gasteiger charge is 2.23. The van der Waals surface area contributed by atoms with Crippen LogP contribution in [0.25, 0.3) is 11.0 Å². The van der Waals surface area contributed by atoms with E-state index in [1.165, 1.54) is 5.56 Å². The molecule has 0 saturated heterocycles. The molecule has 0 saturated carbocycles. The summed E-state index contributed by atoms with van der Waals surface area (Å²) in [5, 5.41) is 7.02. The molecule has 7 heteroatoms. The van der Waals surface area contributed by atoms with Crippen LogP contribution in [0.2, 0.25) is 0 Å². The second-order valence-corrected chi connectivity index (χ2v) is 7.49. The molecule has 3 N–H and O–H groups in total. The Morgan fingerprint density at radius 2 is 2.00 bits per heavy atom. The van der Waals surface area contributed by atoms with E-state index in [1.54, 1.807) is 7.11 Å². The minimum absolute atomic E-state index is 0.264. The van der Waals surface area contributed by atoms with Crippen molar-refractivity contribution >= 4 is 34.1 Å². The zero-order valence-corrected chi connectivity index (χ0v) is 17.2. The Bertz CT molecular complexity index is 1230. The van der Waals surface area contributed by atoms with Crippen molar-refractivity contribution in [2.45, 2.75) is 13.0 Å². The Balaban J connectivity index is 1.32. The average Bonchev–Trinajstić information content (AvgIpc) is 3.43. The summed E-state index contributed by atoms with van der Waals surface area (Å²) in [5.74, 6) is 0.748. The van der Waals surface area contributed by atoms with Crippen LogP contribution >= 0.6 is 0 Å². The number of fused-ring (bicyclic) bond motifs is 2. The second kappa shape index (κ2) is 8.02. The number of ether oxygens (including phenoxy) is 1. The Labute approximate surface area is 180 Å². The Morgan fingerprint density at radius 3 is 2.84 bits per heavy atom. The molecule has 7 nitrogen and oxygen atoms in total. The second-order valence-electron chi connectivity index (χ2n) is 7.49. The van der Waals surface area contributed by atoms with Gasteiger partial charge in [-0.1, -0.05) is 6.07 Å². The molecule has 2 amide bonds. The van der Waals surface area contributed by atoms with Crippen molar-refractivity contribution in [1.82, 2.24) is 9.97 Å². The molecule has 0 aliphatic carbocycles. The lowest BCUT2D eigenvalue weighted by Gasteiger charge is -2.20. The van der Waals surface area contributed by atoms with Gasteiger partial charge in [-0.2, -0.15) is 0 Å². The summed E-state index contributed by atoms with van der Waals surface area (Å²) in [6.07, 6.45) is 4.64. The lowest BCUT2D eigenvalue weighted by molar-refractivity contribution is 0.262. The molecule has 31 heavy (non-hydrogen) atoms. The van der Waals surface area contributed by atoms with E-state index in [9.17, 15) is 4.79 Å². The number of methoxy groups -OCH3 is 1. The number of carbonyl (C=O) groups is 1. The molecular formula is C24H23N5O2. The largest absolute Gasteiger partial charge is 0.497 e. The normalized spacial score (nSPS) is 12.6. The van der Waals surface area contributed by atoms with Gasteiger partial charge in [0.1, 0.15) is 11.4 Å². The summed E-state index contributed by atoms with van der Waals surface area (Å²) in [6.45, 7) is 1.70. The highest BCUT2D eigenvalue weighted by Crippen LogP contribution is 2.35. The maximum Gasteiger partial charge on any atom is 0.323 e. The molecule has 2 aromatic heterocycles. The summed E-state index contributed by atoms with van der Waals surface area (Å²) in [5.41, 5.74) is 6.00. The number of pyridine rings is 1. The van der Waals surface area contributed by atoms with Gasteiger partial charge in [-0.15, -0.1) is 0 Å². The van der Waals surface area contributed by atoms with Gasteiger partial charge in [-0.3, -0.25) is 0 Å². The minimum atomic E-state index is -0.264. The molecule has 156 valence electrons. The predicted octanol–water partition coefficient (Wildman–Crippen LogP) is 4.78. The number of urea groups is 1. The van der Waals surface area contributed by atoms with E-state index in [0.29, 0.717) is 5.69 Å². The number of aromatic nitrogens is 2. The molecule has 2 aromatic carbocycles. The number of rotatable bonds is 5. The lowest BCUT2D eigenvalue weighted by atomic mass is 10.1.